The summed E-state index contributed by atoms with van der Waals surface area (Å²) in [7, 11) is 0. The molecule has 3 heterocycles. The number of fused-ring (bicyclic) bond motifs is 3. The second kappa shape index (κ2) is 8.26. The summed E-state index contributed by atoms with van der Waals surface area (Å²) in [6.45, 7) is 2.27. The van der Waals surface area contributed by atoms with Gasteiger partial charge in [-0.05, 0) is 55.0 Å². The maximum Gasteiger partial charge on any atom is 0.270 e. The Hall–Kier alpha value is -3.14. The molecule has 0 unspecified atom stereocenters. The second-order valence-corrected chi connectivity index (χ2v) is 11.8. The molecule has 0 bridgehead atoms. The van der Waals surface area contributed by atoms with Crippen molar-refractivity contribution in [3.63, 3.8) is 0 Å². The first-order valence-corrected chi connectivity index (χ1v) is 13.4. The van der Waals surface area contributed by atoms with Gasteiger partial charge in [-0.25, -0.2) is 4.98 Å². The van der Waals surface area contributed by atoms with Crippen molar-refractivity contribution in [2.45, 2.75) is 26.2 Å². The number of benzene rings is 2. The number of nitro benzene ring substituents is 1. The van der Waals surface area contributed by atoms with Crippen LogP contribution in [0, 0.1) is 16.0 Å². The van der Waals surface area contributed by atoms with Crippen molar-refractivity contribution in [2.75, 3.05) is 5.32 Å². The zero-order chi connectivity index (χ0) is 23.4. The molecule has 0 saturated carbocycles. The van der Waals surface area contributed by atoms with Crippen LogP contribution < -0.4 is 5.32 Å². The number of para-hydroxylation sites is 1. The number of amides is 1. The van der Waals surface area contributed by atoms with E-state index in [9.17, 15) is 14.9 Å². The molecule has 6 nitrogen and oxygen atoms in total. The number of nitrogens with zero attached hydrogens (tertiary/aromatic N) is 2. The van der Waals surface area contributed by atoms with Crippen LogP contribution in [-0.4, -0.2) is 15.8 Å². The molecule has 6 rings (SSSR count). The van der Waals surface area contributed by atoms with Gasteiger partial charge in [-0.2, -0.15) is 0 Å². The molecule has 34 heavy (non-hydrogen) atoms. The lowest BCUT2D eigenvalue weighted by atomic mass is 9.88. The van der Waals surface area contributed by atoms with E-state index in [1.165, 1.54) is 33.9 Å². The third-order valence-corrected chi connectivity index (χ3v) is 9.52. The van der Waals surface area contributed by atoms with E-state index in [1.54, 1.807) is 34.8 Å². The molecular weight excluding hydrogens is 486 g/mol. The van der Waals surface area contributed by atoms with Crippen molar-refractivity contribution in [3.8, 4) is 10.6 Å². The highest BCUT2D eigenvalue weighted by atomic mass is 32.1. The Balaban J connectivity index is 1.40. The Morgan fingerprint density at radius 3 is 2.79 bits per heavy atom. The van der Waals surface area contributed by atoms with E-state index in [4.69, 9.17) is 4.98 Å². The molecule has 0 spiro atoms. The fourth-order valence-electron chi connectivity index (χ4n) is 4.47. The lowest BCUT2D eigenvalue weighted by Gasteiger charge is -2.18. The monoisotopic (exact) mass is 505 g/mol. The minimum atomic E-state index is -0.418. The van der Waals surface area contributed by atoms with Crippen molar-refractivity contribution < 1.29 is 9.72 Å². The van der Waals surface area contributed by atoms with Gasteiger partial charge in [0, 0.05) is 32.7 Å². The maximum absolute atomic E-state index is 13.3. The molecular formula is C25H19N3O3S3. The van der Waals surface area contributed by atoms with Gasteiger partial charge in [0.2, 0.25) is 0 Å². The highest BCUT2D eigenvalue weighted by Crippen LogP contribution is 2.47. The first-order valence-electron chi connectivity index (χ1n) is 11.0. The molecule has 0 saturated heterocycles. The van der Waals surface area contributed by atoms with Gasteiger partial charge in [0.05, 0.1) is 20.0 Å². The highest BCUT2D eigenvalue weighted by Gasteiger charge is 2.28. The summed E-state index contributed by atoms with van der Waals surface area (Å²) in [5, 5.41) is 16.8. The molecule has 0 radical (unpaired) electrons. The Morgan fingerprint density at radius 2 is 1.97 bits per heavy atom. The predicted octanol–water partition coefficient (Wildman–Crippen LogP) is 7.52. The van der Waals surface area contributed by atoms with Crippen LogP contribution in [0.15, 0.2) is 48.5 Å². The predicted molar refractivity (Wildman–Crippen MR) is 141 cm³/mol. The van der Waals surface area contributed by atoms with Gasteiger partial charge in [0.15, 0.2) is 0 Å². The number of rotatable bonds is 4. The minimum absolute atomic E-state index is 0.0235. The normalized spacial score (nSPS) is 15.5. The summed E-state index contributed by atoms with van der Waals surface area (Å²) in [4.78, 5) is 30.7. The van der Waals surface area contributed by atoms with E-state index >= 15 is 0 Å². The van der Waals surface area contributed by atoms with Crippen molar-refractivity contribution >= 4 is 70.9 Å². The summed E-state index contributed by atoms with van der Waals surface area (Å²) in [5.74, 6) is 0.425. The van der Waals surface area contributed by atoms with Crippen LogP contribution in [0.2, 0.25) is 0 Å². The molecule has 0 aliphatic heterocycles. The molecule has 2 aromatic carbocycles. The van der Waals surface area contributed by atoms with E-state index in [0.29, 0.717) is 16.2 Å². The largest absolute Gasteiger partial charge is 0.312 e. The summed E-state index contributed by atoms with van der Waals surface area (Å²) >= 11 is 4.66. The summed E-state index contributed by atoms with van der Waals surface area (Å²) in [5.41, 5.74) is 3.35. The number of nitrogens with one attached hydrogen (secondary N) is 1. The SMILES string of the molecule is C[C@H]1CCc2c(sc(NC(=O)c3cc4cc([N+](=O)[O-])ccc4s3)c2-c2nc3ccccc3s2)C1. The molecule has 9 heteroatoms. The number of carbonyl (C=O) groups excluding carboxylic acids is 1. The number of carbonyl (C=O) groups is 1. The summed E-state index contributed by atoms with van der Waals surface area (Å²) in [6, 6.07) is 14.5. The molecule has 170 valence electrons. The highest BCUT2D eigenvalue weighted by molar-refractivity contribution is 7.23. The van der Waals surface area contributed by atoms with Crippen LogP contribution >= 0.6 is 34.0 Å². The van der Waals surface area contributed by atoms with Gasteiger partial charge in [0.25, 0.3) is 11.6 Å². The Kier molecular flexibility index (Phi) is 5.20. The molecule has 3 aromatic heterocycles. The Bertz CT molecular complexity index is 1560. The van der Waals surface area contributed by atoms with Crippen molar-refractivity contribution in [2.24, 2.45) is 5.92 Å². The number of thiazole rings is 1. The van der Waals surface area contributed by atoms with Crippen LogP contribution in [0.4, 0.5) is 10.7 Å². The molecule has 1 amide bonds. The lowest BCUT2D eigenvalue weighted by molar-refractivity contribution is -0.384. The van der Waals surface area contributed by atoms with Crippen LogP contribution in [-0.2, 0) is 12.8 Å². The zero-order valence-corrected chi connectivity index (χ0v) is 20.6. The summed E-state index contributed by atoms with van der Waals surface area (Å²) < 4.78 is 1.98. The van der Waals surface area contributed by atoms with Gasteiger partial charge in [-0.15, -0.1) is 34.0 Å². The molecule has 1 N–H and O–H groups in total. The first-order chi connectivity index (χ1) is 16.5. The number of nitro groups is 1. The van der Waals surface area contributed by atoms with Gasteiger partial charge < -0.3 is 5.32 Å². The zero-order valence-electron chi connectivity index (χ0n) is 18.2. The van der Waals surface area contributed by atoms with Gasteiger partial charge in [-0.1, -0.05) is 19.1 Å². The van der Waals surface area contributed by atoms with Gasteiger partial charge in [-0.3, -0.25) is 14.9 Å². The van der Waals surface area contributed by atoms with Crippen molar-refractivity contribution in [1.29, 1.82) is 0 Å². The number of hydrogen-bond donors (Lipinski definition) is 1. The second-order valence-electron chi connectivity index (χ2n) is 8.59. The Morgan fingerprint density at radius 1 is 1.12 bits per heavy atom. The Labute approximate surface area is 207 Å². The number of non-ortho nitro benzene ring substituents is 1. The van der Waals surface area contributed by atoms with E-state index in [2.05, 4.69) is 18.3 Å². The van der Waals surface area contributed by atoms with Crippen molar-refractivity contribution in [3.05, 3.63) is 74.0 Å². The molecule has 1 atom stereocenters. The van der Waals surface area contributed by atoms with Crippen LogP contribution in [0.5, 0.6) is 0 Å². The minimum Gasteiger partial charge on any atom is -0.312 e. The average molecular weight is 506 g/mol. The van der Waals surface area contributed by atoms with Crippen LogP contribution in [0.3, 0.4) is 0 Å². The van der Waals surface area contributed by atoms with Gasteiger partial charge in [0.1, 0.15) is 10.0 Å². The van der Waals surface area contributed by atoms with Crippen LogP contribution in [0.25, 0.3) is 30.9 Å². The first kappa shape index (κ1) is 21.4. The molecule has 1 aliphatic carbocycles. The number of anilines is 1. The summed E-state index contributed by atoms with van der Waals surface area (Å²) in [6.07, 6.45) is 3.13. The fraction of sp³-hybridized carbons (Fsp3) is 0.200. The third kappa shape index (κ3) is 3.70. The van der Waals surface area contributed by atoms with E-state index in [0.717, 1.165) is 49.8 Å². The maximum atomic E-state index is 13.3. The molecule has 0 fully saturated rings. The molecule has 5 aromatic rings. The number of hydrogen-bond acceptors (Lipinski definition) is 7. The van der Waals surface area contributed by atoms with Crippen LogP contribution in [0.1, 0.15) is 33.5 Å². The standard InChI is InChI=1S/C25H19N3O3S3/c1-13-6-8-16-20(10-13)34-25(22(16)24-26-17-4-2-3-5-19(17)33-24)27-23(29)21-12-14-11-15(28(30)31)7-9-18(14)32-21/h2-5,7,9,11-13H,6,8,10H2,1H3,(H,27,29)/t13-/m0/s1. The van der Waals surface area contributed by atoms with E-state index in [-0.39, 0.29) is 11.6 Å². The van der Waals surface area contributed by atoms with E-state index < -0.39 is 4.92 Å². The third-order valence-electron chi connectivity index (χ3n) is 6.18. The molecule has 1 aliphatic rings. The number of thiophene rings is 2. The quantitative estimate of drug-likeness (QED) is 0.202. The fourth-order valence-corrected chi connectivity index (χ4v) is 7.92. The topological polar surface area (TPSA) is 85.1 Å². The lowest BCUT2D eigenvalue weighted by Crippen LogP contribution is -2.10. The smallest absolute Gasteiger partial charge is 0.270 e. The average Bonchev–Trinajstić information content (AvgIpc) is 3.52. The van der Waals surface area contributed by atoms with E-state index in [1.807, 2.05) is 18.2 Å². The van der Waals surface area contributed by atoms with Crippen molar-refractivity contribution in [1.82, 2.24) is 4.98 Å². The number of aromatic nitrogens is 1. The van der Waals surface area contributed by atoms with Gasteiger partial charge >= 0.3 is 0 Å².